The van der Waals surface area contributed by atoms with Crippen LogP contribution in [0.3, 0.4) is 0 Å². The van der Waals surface area contributed by atoms with E-state index in [9.17, 15) is 13.2 Å². The molecule has 0 fully saturated rings. The second-order valence-corrected chi connectivity index (χ2v) is 4.13. The van der Waals surface area contributed by atoms with Crippen molar-refractivity contribution < 1.29 is 13.2 Å². The molecule has 1 aromatic heterocycles. The van der Waals surface area contributed by atoms with E-state index in [4.69, 9.17) is 0 Å². The molecule has 6 heteroatoms. The lowest BCUT2D eigenvalue weighted by Crippen LogP contribution is -2.36. The van der Waals surface area contributed by atoms with Gasteiger partial charge in [0.2, 0.25) is 0 Å². The zero-order chi connectivity index (χ0) is 12.9. The number of halogens is 3. The lowest BCUT2D eigenvalue weighted by Gasteiger charge is -2.19. The van der Waals surface area contributed by atoms with E-state index in [1.54, 1.807) is 24.0 Å². The smallest absolute Gasteiger partial charge is 0.338 e. The lowest BCUT2D eigenvalue weighted by atomic mass is 10.1. The third-order valence-electron chi connectivity index (χ3n) is 2.51. The van der Waals surface area contributed by atoms with E-state index >= 15 is 0 Å². The molecule has 0 aliphatic heterocycles. The van der Waals surface area contributed by atoms with Crippen LogP contribution in [0.4, 0.5) is 13.2 Å². The van der Waals surface area contributed by atoms with Gasteiger partial charge in [0.25, 0.3) is 0 Å². The molecule has 17 heavy (non-hydrogen) atoms. The van der Waals surface area contributed by atoms with Gasteiger partial charge >= 0.3 is 6.18 Å². The Hall–Kier alpha value is -1.04. The topological polar surface area (TPSA) is 29.9 Å². The van der Waals surface area contributed by atoms with Crippen LogP contribution in [0.15, 0.2) is 12.4 Å². The van der Waals surface area contributed by atoms with Gasteiger partial charge < -0.3 is 9.88 Å². The highest BCUT2D eigenvalue weighted by Gasteiger charge is 2.32. The molecule has 1 rings (SSSR count). The molecule has 1 N–H and O–H groups in total. The van der Waals surface area contributed by atoms with Gasteiger partial charge in [-0.05, 0) is 13.0 Å². The van der Waals surface area contributed by atoms with Crippen molar-refractivity contribution in [2.45, 2.75) is 38.4 Å². The molecular formula is C11H18F3N3. The third kappa shape index (κ3) is 5.21. The van der Waals surface area contributed by atoms with Crippen LogP contribution < -0.4 is 5.32 Å². The van der Waals surface area contributed by atoms with Crippen LogP contribution in [-0.2, 0) is 13.5 Å². The molecule has 1 heterocycles. The van der Waals surface area contributed by atoms with Crippen molar-refractivity contribution in [1.82, 2.24) is 14.9 Å². The van der Waals surface area contributed by atoms with Crippen LogP contribution in [0.2, 0.25) is 0 Å². The summed E-state index contributed by atoms with van der Waals surface area (Å²) in [5.41, 5.74) is 0. The molecule has 0 saturated carbocycles. The summed E-state index contributed by atoms with van der Waals surface area (Å²) in [5.74, 6) is 0.669. The van der Waals surface area contributed by atoms with Gasteiger partial charge in [0, 0.05) is 31.9 Å². The fourth-order valence-corrected chi connectivity index (χ4v) is 1.66. The summed E-state index contributed by atoms with van der Waals surface area (Å²) in [4.78, 5) is 4.05. The van der Waals surface area contributed by atoms with Crippen molar-refractivity contribution in [3.8, 4) is 0 Å². The average molecular weight is 249 g/mol. The van der Waals surface area contributed by atoms with E-state index in [2.05, 4.69) is 10.3 Å². The Labute approximate surface area is 99.0 Å². The number of rotatable bonds is 6. The van der Waals surface area contributed by atoms with Crippen molar-refractivity contribution in [3.05, 3.63) is 18.2 Å². The van der Waals surface area contributed by atoms with Gasteiger partial charge in [0.15, 0.2) is 0 Å². The van der Waals surface area contributed by atoms with E-state index in [1.807, 2.05) is 6.92 Å². The van der Waals surface area contributed by atoms with E-state index in [1.165, 1.54) is 0 Å². The quantitative estimate of drug-likeness (QED) is 0.838. The van der Waals surface area contributed by atoms with Crippen LogP contribution in [0.1, 0.15) is 25.6 Å². The van der Waals surface area contributed by atoms with Crippen molar-refractivity contribution >= 4 is 0 Å². The standard InChI is InChI=1S/C11H18F3N3/c1-3-4-15-9(8-11(12,13)14)7-10-16-5-6-17(10)2/h5-6,9,15H,3-4,7-8H2,1-2H3. The summed E-state index contributed by atoms with van der Waals surface area (Å²) >= 11 is 0. The van der Waals surface area contributed by atoms with Crippen LogP contribution in [0.5, 0.6) is 0 Å². The first-order valence-electron chi connectivity index (χ1n) is 5.68. The predicted molar refractivity (Wildman–Crippen MR) is 59.7 cm³/mol. The number of hydrogen-bond donors (Lipinski definition) is 1. The molecule has 1 aromatic rings. The summed E-state index contributed by atoms with van der Waals surface area (Å²) in [6.45, 7) is 2.52. The molecule has 0 spiro atoms. The maximum atomic E-state index is 12.4. The first-order valence-corrected chi connectivity index (χ1v) is 5.68. The first-order chi connectivity index (χ1) is 7.92. The second kappa shape index (κ2) is 6.05. The van der Waals surface area contributed by atoms with Crippen LogP contribution >= 0.6 is 0 Å². The Morgan fingerprint density at radius 1 is 1.47 bits per heavy atom. The molecule has 0 saturated heterocycles. The summed E-state index contributed by atoms with van der Waals surface area (Å²) in [6.07, 6.45) is -0.520. The maximum Gasteiger partial charge on any atom is 0.390 e. The van der Waals surface area contributed by atoms with E-state index in [0.29, 0.717) is 18.8 Å². The SMILES string of the molecule is CCCNC(Cc1nccn1C)CC(F)(F)F. The van der Waals surface area contributed by atoms with Crippen molar-refractivity contribution in [1.29, 1.82) is 0 Å². The largest absolute Gasteiger partial charge is 0.390 e. The monoisotopic (exact) mass is 249 g/mol. The number of imidazole rings is 1. The van der Waals surface area contributed by atoms with Gasteiger partial charge in [0.05, 0.1) is 6.42 Å². The Bertz CT molecular complexity index is 333. The summed E-state index contributed by atoms with van der Waals surface area (Å²) in [7, 11) is 1.78. The molecule has 0 aliphatic rings. The fourth-order valence-electron chi connectivity index (χ4n) is 1.66. The molecule has 0 aliphatic carbocycles. The van der Waals surface area contributed by atoms with Gasteiger partial charge in [-0.1, -0.05) is 6.92 Å². The lowest BCUT2D eigenvalue weighted by molar-refractivity contribution is -0.140. The molecule has 0 amide bonds. The average Bonchev–Trinajstić information content (AvgIpc) is 2.59. The minimum Gasteiger partial charge on any atom is -0.338 e. The van der Waals surface area contributed by atoms with Crippen LogP contribution in [0, 0.1) is 0 Å². The Morgan fingerprint density at radius 3 is 2.65 bits per heavy atom. The summed E-state index contributed by atoms with van der Waals surface area (Å²) in [5, 5.41) is 2.92. The second-order valence-electron chi connectivity index (χ2n) is 4.13. The van der Waals surface area contributed by atoms with Crippen molar-refractivity contribution in [2.75, 3.05) is 6.54 Å². The molecule has 1 unspecified atom stereocenters. The molecular weight excluding hydrogens is 231 g/mol. The van der Waals surface area contributed by atoms with Gasteiger partial charge in [0.1, 0.15) is 5.82 Å². The summed E-state index contributed by atoms with van der Waals surface area (Å²) < 4.78 is 38.9. The Balaban J connectivity index is 2.60. The zero-order valence-electron chi connectivity index (χ0n) is 10.1. The molecule has 0 aromatic carbocycles. The first kappa shape index (κ1) is 14.0. The number of aryl methyl sites for hydroxylation is 1. The third-order valence-corrected chi connectivity index (χ3v) is 2.51. The maximum absolute atomic E-state index is 12.4. The van der Waals surface area contributed by atoms with Gasteiger partial charge in [-0.15, -0.1) is 0 Å². The molecule has 1 atom stereocenters. The van der Waals surface area contributed by atoms with E-state index in [0.717, 1.165) is 6.42 Å². The fraction of sp³-hybridized carbons (Fsp3) is 0.727. The number of alkyl halides is 3. The number of aromatic nitrogens is 2. The van der Waals surface area contributed by atoms with E-state index in [-0.39, 0.29) is 0 Å². The van der Waals surface area contributed by atoms with Crippen molar-refractivity contribution in [2.24, 2.45) is 7.05 Å². The van der Waals surface area contributed by atoms with Crippen LogP contribution in [0.25, 0.3) is 0 Å². The highest BCUT2D eigenvalue weighted by molar-refractivity contribution is 4.95. The Morgan fingerprint density at radius 2 is 2.18 bits per heavy atom. The minimum absolute atomic E-state index is 0.295. The zero-order valence-corrected chi connectivity index (χ0v) is 10.1. The van der Waals surface area contributed by atoms with Gasteiger partial charge in [-0.2, -0.15) is 13.2 Å². The van der Waals surface area contributed by atoms with E-state index < -0.39 is 18.6 Å². The Kier molecular flexibility index (Phi) is 4.99. The van der Waals surface area contributed by atoms with Gasteiger partial charge in [-0.3, -0.25) is 0 Å². The highest BCUT2D eigenvalue weighted by Crippen LogP contribution is 2.22. The predicted octanol–water partition coefficient (Wildman–Crippen LogP) is 2.28. The number of hydrogen-bond acceptors (Lipinski definition) is 2. The molecule has 0 radical (unpaired) electrons. The summed E-state index contributed by atoms with van der Waals surface area (Å²) in [6, 6.07) is -0.601. The highest BCUT2D eigenvalue weighted by atomic mass is 19.4. The number of nitrogens with one attached hydrogen (secondary N) is 1. The normalized spacial score (nSPS) is 13.9. The van der Waals surface area contributed by atoms with Crippen molar-refractivity contribution in [3.63, 3.8) is 0 Å². The molecule has 98 valence electrons. The molecule has 0 bridgehead atoms. The van der Waals surface area contributed by atoms with Gasteiger partial charge in [-0.25, -0.2) is 4.98 Å². The molecule has 3 nitrogen and oxygen atoms in total. The minimum atomic E-state index is -4.14. The van der Waals surface area contributed by atoms with Crippen LogP contribution in [-0.4, -0.2) is 28.3 Å². The number of nitrogens with zero attached hydrogens (tertiary/aromatic N) is 2.